The quantitative estimate of drug-likeness (QED) is 0.0953. The van der Waals surface area contributed by atoms with Crippen LogP contribution in [0.1, 0.15) is 55.4 Å². The maximum Gasteiger partial charge on any atom is 0.271 e. The number of carbonyl (C=O) groups excluding carboxylic acids is 8. The summed E-state index contributed by atoms with van der Waals surface area (Å²) in [4.78, 5) is 105. The molecule has 0 saturated carbocycles. The molecular formula is C28H38O19. The third kappa shape index (κ3) is 4.83. The Morgan fingerprint density at radius 3 is 1.34 bits per heavy atom. The Morgan fingerprint density at radius 2 is 1.02 bits per heavy atom. The maximum absolute atomic E-state index is 13.8. The molecule has 2 fully saturated rings. The minimum absolute atomic E-state index is 0.385. The molecule has 2 saturated heterocycles. The van der Waals surface area contributed by atoms with Gasteiger partial charge in [-0.1, -0.05) is 0 Å². The fourth-order valence-corrected chi connectivity index (χ4v) is 6.34. The molecule has 0 aliphatic carbocycles. The molecule has 19 nitrogen and oxygen atoms in total. The van der Waals surface area contributed by atoms with Gasteiger partial charge >= 0.3 is 0 Å². The number of carbonyl (C=O) groups is 8. The standard InChI is InChI=1S/C28H38O19/c1-9(29)17(37)19-20(39)23(41,11(3)31)27(44,15(7)35)28(46-19,16(8)36)47-25(13(5)33)21(18(38)10(2)30)45-22(40)24(42,12(4)32)26(25,43)14(6)34/h17-22,37-44H,1-8H3/t17?,18?,19-,20+,21-,22?,23+,24+,25-,26-,27-,28+/m1/s1. The topological polar surface area (TPSA) is 326 Å². The molecule has 0 amide bonds. The van der Waals surface area contributed by atoms with E-state index in [2.05, 4.69) is 0 Å². The zero-order chi connectivity index (χ0) is 37.2. The summed E-state index contributed by atoms with van der Waals surface area (Å²) in [5.74, 6) is -18.1. The Morgan fingerprint density at radius 1 is 0.596 bits per heavy atom. The second kappa shape index (κ2) is 12.4. The van der Waals surface area contributed by atoms with Gasteiger partial charge in [-0.2, -0.15) is 0 Å². The van der Waals surface area contributed by atoms with Gasteiger partial charge < -0.3 is 55.1 Å². The lowest BCUT2D eigenvalue weighted by Crippen LogP contribution is -2.92. The number of ketones is 8. The van der Waals surface area contributed by atoms with Crippen molar-refractivity contribution < 1.29 is 93.4 Å². The number of Topliss-reactive ketones (excluding diaryl/α,β-unsaturated/α-hetero) is 8. The predicted molar refractivity (Wildman–Crippen MR) is 146 cm³/mol. The number of aliphatic hydroxyl groups excluding tert-OH is 4. The van der Waals surface area contributed by atoms with E-state index in [-0.39, 0.29) is 0 Å². The minimum Gasteiger partial charge on any atom is -0.387 e. The number of rotatable bonds is 12. The van der Waals surface area contributed by atoms with Crippen molar-refractivity contribution >= 4 is 46.3 Å². The highest BCUT2D eigenvalue weighted by Gasteiger charge is 2.86. The zero-order valence-corrected chi connectivity index (χ0v) is 26.5. The molecule has 264 valence electrons. The smallest absolute Gasteiger partial charge is 0.271 e. The first kappa shape index (κ1) is 40.1. The number of aliphatic hydroxyl groups is 8. The molecule has 2 aliphatic heterocycles. The number of ether oxygens (including phenoxy) is 3. The van der Waals surface area contributed by atoms with Crippen LogP contribution in [0.2, 0.25) is 0 Å². The van der Waals surface area contributed by atoms with Gasteiger partial charge in [-0.25, -0.2) is 0 Å². The first-order valence-electron chi connectivity index (χ1n) is 13.8. The van der Waals surface area contributed by atoms with Gasteiger partial charge in [0.1, 0.15) is 30.5 Å². The zero-order valence-electron chi connectivity index (χ0n) is 26.5. The van der Waals surface area contributed by atoms with Crippen molar-refractivity contribution in [2.45, 2.75) is 126 Å². The Kier molecular flexibility index (Phi) is 10.6. The van der Waals surface area contributed by atoms with Crippen LogP contribution in [0.5, 0.6) is 0 Å². The molecule has 2 rings (SSSR count). The van der Waals surface area contributed by atoms with E-state index >= 15 is 0 Å². The summed E-state index contributed by atoms with van der Waals surface area (Å²) >= 11 is 0. The summed E-state index contributed by atoms with van der Waals surface area (Å²) in [5, 5.41) is 90.7. The van der Waals surface area contributed by atoms with E-state index in [1.54, 1.807) is 0 Å². The highest BCUT2D eigenvalue weighted by atomic mass is 16.8. The maximum atomic E-state index is 13.8. The Labute approximate surface area is 266 Å². The van der Waals surface area contributed by atoms with Crippen LogP contribution in [0.4, 0.5) is 0 Å². The van der Waals surface area contributed by atoms with Gasteiger partial charge in [-0.15, -0.1) is 0 Å². The largest absolute Gasteiger partial charge is 0.387 e. The van der Waals surface area contributed by atoms with Crippen LogP contribution in [-0.4, -0.2) is 158 Å². The van der Waals surface area contributed by atoms with E-state index in [1.807, 2.05) is 0 Å². The summed E-state index contributed by atoms with van der Waals surface area (Å²) in [6.07, 6.45) is -17.3. The van der Waals surface area contributed by atoms with E-state index in [9.17, 15) is 79.2 Å². The van der Waals surface area contributed by atoms with Crippen molar-refractivity contribution in [1.29, 1.82) is 0 Å². The molecule has 2 heterocycles. The second-order valence-electron chi connectivity index (χ2n) is 11.8. The van der Waals surface area contributed by atoms with Crippen LogP contribution in [0, 0.1) is 0 Å². The molecule has 12 atom stereocenters. The predicted octanol–water partition coefficient (Wildman–Crippen LogP) is -5.73. The molecule has 47 heavy (non-hydrogen) atoms. The summed E-state index contributed by atoms with van der Waals surface area (Å²) in [5.41, 5.74) is -20.9. The van der Waals surface area contributed by atoms with Crippen LogP contribution in [0.3, 0.4) is 0 Å². The van der Waals surface area contributed by atoms with Gasteiger partial charge in [0.2, 0.25) is 16.8 Å². The molecule has 0 aromatic heterocycles. The van der Waals surface area contributed by atoms with Gasteiger partial charge in [-0.05, 0) is 48.5 Å². The summed E-state index contributed by atoms with van der Waals surface area (Å²) < 4.78 is 16.1. The number of hydrogen-bond donors (Lipinski definition) is 8. The van der Waals surface area contributed by atoms with Crippen molar-refractivity contribution in [3.63, 3.8) is 0 Å². The monoisotopic (exact) mass is 678 g/mol. The summed E-state index contributed by atoms with van der Waals surface area (Å²) in [7, 11) is 0. The van der Waals surface area contributed by atoms with Crippen molar-refractivity contribution in [1.82, 2.24) is 0 Å². The van der Waals surface area contributed by atoms with Crippen molar-refractivity contribution in [2.24, 2.45) is 0 Å². The highest BCUT2D eigenvalue weighted by molar-refractivity contribution is 6.08. The molecule has 0 bridgehead atoms. The highest BCUT2D eigenvalue weighted by Crippen LogP contribution is 2.55. The Hall–Kier alpha value is -3.08. The molecule has 8 N–H and O–H groups in total. The molecule has 19 heteroatoms. The average molecular weight is 679 g/mol. The van der Waals surface area contributed by atoms with Crippen LogP contribution in [0.25, 0.3) is 0 Å². The first-order chi connectivity index (χ1) is 21.1. The first-order valence-corrected chi connectivity index (χ1v) is 13.8. The lowest BCUT2D eigenvalue weighted by molar-refractivity contribution is -0.443. The van der Waals surface area contributed by atoms with Crippen molar-refractivity contribution in [3.8, 4) is 0 Å². The Balaban J connectivity index is 3.43. The molecule has 0 aromatic carbocycles. The van der Waals surface area contributed by atoms with Crippen LogP contribution < -0.4 is 0 Å². The van der Waals surface area contributed by atoms with Gasteiger partial charge in [-0.3, -0.25) is 38.4 Å². The fourth-order valence-electron chi connectivity index (χ4n) is 6.34. The molecule has 2 aliphatic rings. The van der Waals surface area contributed by atoms with Gasteiger partial charge in [0.15, 0.2) is 63.8 Å². The SMILES string of the molecule is CC(=O)C(O)[C@H]1O[C@](O[C@]2(C(C)=O)[C@@H](C(O)C(C)=O)OC(O)[C@@](O)(C(C)=O)[C@]2(O)C(C)=O)(C(C)=O)[C@@](O)(C(C)=O)[C@](O)(C(C)=O)[C@H]1O. The third-order valence-electron chi connectivity index (χ3n) is 9.01. The van der Waals surface area contributed by atoms with E-state index in [4.69, 9.17) is 14.2 Å². The fraction of sp³-hybridized carbons (Fsp3) is 0.714. The van der Waals surface area contributed by atoms with Crippen molar-refractivity contribution in [3.05, 3.63) is 0 Å². The lowest BCUT2D eigenvalue weighted by atomic mass is 9.58. The minimum atomic E-state index is -4.32. The second-order valence-corrected chi connectivity index (χ2v) is 11.8. The van der Waals surface area contributed by atoms with Gasteiger partial charge in [0.05, 0.1) is 0 Å². The third-order valence-corrected chi connectivity index (χ3v) is 9.01. The summed E-state index contributed by atoms with van der Waals surface area (Å²) in [6.45, 7) is 3.79. The van der Waals surface area contributed by atoms with E-state index in [0.29, 0.717) is 55.4 Å². The Bertz CT molecular complexity index is 1420. The molecule has 3 unspecified atom stereocenters. The van der Waals surface area contributed by atoms with E-state index < -0.39 is 117 Å². The van der Waals surface area contributed by atoms with Crippen LogP contribution >= 0.6 is 0 Å². The van der Waals surface area contributed by atoms with Crippen molar-refractivity contribution in [2.75, 3.05) is 0 Å². The van der Waals surface area contributed by atoms with Crippen LogP contribution in [-0.2, 0) is 52.6 Å². The van der Waals surface area contributed by atoms with E-state index in [1.165, 1.54) is 0 Å². The number of hydrogen-bond acceptors (Lipinski definition) is 19. The van der Waals surface area contributed by atoms with Crippen LogP contribution in [0.15, 0.2) is 0 Å². The molecule has 0 spiro atoms. The molecule has 0 aromatic rings. The normalized spacial score (nSPS) is 41.7. The molecular weight excluding hydrogens is 640 g/mol. The molecule has 0 radical (unpaired) electrons. The lowest BCUT2D eigenvalue weighted by Gasteiger charge is -2.64. The average Bonchev–Trinajstić information content (AvgIpc) is 2.95. The van der Waals surface area contributed by atoms with Gasteiger partial charge in [0.25, 0.3) is 5.79 Å². The van der Waals surface area contributed by atoms with E-state index in [0.717, 1.165) is 0 Å². The summed E-state index contributed by atoms with van der Waals surface area (Å²) in [6, 6.07) is 0. The van der Waals surface area contributed by atoms with Gasteiger partial charge in [0, 0.05) is 6.92 Å².